The Morgan fingerprint density at radius 3 is 3.05 bits per heavy atom. The molecule has 0 unspecified atom stereocenters. The maximum atomic E-state index is 7.56. The summed E-state index contributed by atoms with van der Waals surface area (Å²) in [6, 6.07) is 7.56. The number of pyridine rings is 1. The standard InChI is InChI=1S/C18H18N3/c1-12-4-5-15(13(2)8-12)16-9-14-10-18-19-6-7-21(18)17(14)11-20(16)3/h4-9,11H,10H2,1-3H3/q+1/i1D3. The quantitative estimate of drug-likeness (QED) is 0.491. The second-order valence-corrected chi connectivity index (χ2v) is 5.60. The van der Waals surface area contributed by atoms with Crippen LogP contribution in [-0.2, 0) is 13.5 Å². The normalized spacial score (nSPS) is 15.0. The summed E-state index contributed by atoms with van der Waals surface area (Å²) in [7, 11) is 2.02. The van der Waals surface area contributed by atoms with Crippen LogP contribution in [-0.4, -0.2) is 9.55 Å². The lowest BCUT2D eigenvalue weighted by Gasteiger charge is -2.08. The van der Waals surface area contributed by atoms with Gasteiger partial charge in [-0.05, 0) is 31.0 Å². The number of benzene rings is 1. The monoisotopic (exact) mass is 279 g/mol. The molecule has 0 atom stereocenters. The maximum Gasteiger partial charge on any atom is 0.212 e. The Labute approximate surface area is 128 Å². The van der Waals surface area contributed by atoms with Gasteiger partial charge in [0.1, 0.15) is 18.6 Å². The maximum absolute atomic E-state index is 7.56. The van der Waals surface area contributed by atoms with Crippen LogP contribution in [0.1, 0.15) is 26.6 Å². The van der Waals surface area contributed by atoms with Gasteiger partial charge >= 0.3 is 0 Å². The summed E-state index contributed by atoms with van der Waals surface area (Å²) in [5.74, 6) is 1.05. The van der Waals surface area contributed by atoms with E-state index < -0.39 is 6.85 Å². The van der Waals surface area contributed by atoms with Crippen molar-refractivity contribution in [3.05, 3.63) is 65.4 Å². The van der Waals surface area contributed by atoms with Crippen molar-refractivity contribution in [1.29, 1.82) is 0 Å². The highest BCUT2D eigenvalue weighted by molar-refractivity contribution is 5.64. The molecule has 0 fully saturated rings. The van der Waals surface area contributed by atoms with Crippen molar-refractivity contribution < 1.29 is 8.68 Å². The van der Waals surface area contributed by atoms with Crippen molar-refractivity contribution in [2.75, 3.05) is 0 Å². The third-order valence-electron chi connectivity index (χ3n) is 4.16. The first-order valence-corrected chi connectivity index (χ1v) is 7.01. The third kappa shape index (κ3) is 1.81. The van der Waals surface area contributed by atoms with E-state index in [1.807, 2.05) is 32.4 Å². The predicted molar refractivity (Wildman–Crippen MR) is 82.5 cm³/mol. The van der Waals surface area contributed by atoms with Gasteiger partial charge in [-0.2, -0.15) is 4.57 Å². The Kier molecular flexibility index (Phi) is 1.94. The lowest BCUT2D eigenvalue weighted by molar-refractivity contribution is -0.660. The molecule has 4 rings (SSSR count). The first kappa shape index (κ1) is 9.50. The number of hydrogen-bond acceptors (Lipinski definition) is 1. The molecule has 104 valence electrons. The van der Waals surface area contributed by atoms with Gasteiger partial charge < -0.3 is 0 Å². The van der Waals surface area contributed by atoms with Gasteiger partial charge in [0.25, 0.3) is 0 Å². The second-order valence-electron chi connectivity index (χ2n) is 5.60. The molecule has 0 bridgehead atoms. The molecule has 0 saturated carbocycles. The van der Waals surface area contributed by atoms with Gasteiger partial charge in [0, 0.05) is 34.6 Å². The Bertz CT molecular complexity index is 955. The van der Waals surface area contributed by atoms with Crippen LogP contribution < -0.4 is 4.57 Å². The summed E-state index contributed by atoms with van der Waals surface area (Å²) in [4.78, 5) is 4.39. The van der Waals surface area contributed by atoms with E-state index in [9.17, 15) is 0 Å². The molecule has 1 aliphatic rings. The van der Waals surface area contributed by atoms with E-state index in [1.165, 1.54) is 5.56 Å². The number of aromatic nitrogens is 3. The van der Waals surface area contributed by atoms with Crippen LogP contribution in [0.2, 0.25) is 0 Å². The summed E-state index contributed by atoms with van der Waals surface area (Å²) < 4.78 is 26.9. The summed E-state index contributed by atoms with van der Waals surface area (Å²) in [5, 5.41) is 0. The molecular weight excluding hydrogens is 258 g/mol. The Morgan fingerprint density at radius 2 is 2.24 bits per heavy atom. The molecule has 0 N–H and O–H groups in total. The first-order chi connectivity index (χ1) is 11.3. The van der Waals surface area contributed by atoms with E-state index in [0.29, 0.717) is 5.56 Å². The highest BCUT2D eigenvalue weighted by atomic mass is 15.1. The van der Waals surface area contributed by atoms with Crippen molar-refractivity contribution in [1.82, 2.24) is 9.55 Å². The van der Waals surface area contributed by atoms with Gasteiger partial charge in [0.2, 0.25) is 5.69 Å². The number of aryl methyl sites for hydroxylation is 3. The van der Waals surface area contributed by atoms with E-state index in [1.54, 1.807) is 12.1 Å². The minimum atomic E-state index is -2.07. The number of rotatable bonds is 1. The Hall–Kier alpha value is -2.42. The molecular formula is C18H18N3+. The highest BCUT2D eigenvalue weighted by Gasteiger charge is 2.24. The molecule has 0 aliphatic carbocycles. The van der Waals surface area contributed by atoms with Gasteiger partial charge in [0.15, 0.2) is 6.20 Å². The zero-order valence-electron chi connectivity index (χ0n) is 15.1. The van der Waals surface area contributed by atoms with E-state index >= 15 is 0 Å². The average molecular weight is 279 g/mol. The lowest BCUT2D eigenvalue weighted by Crippen LogP contribution is -2.31. The molecule has 3 aromatic rings. The largest absolute Gasteiger partial charge is 0.298 e. The van der Waals surface area contributed by atoms with E-state index in [4.69, 9.17) is 4.11 Å². The molecule has 1 aliphatic heterocycles. The topological polar surface area (TPSA) is 21.7 Å². The van der Waals surface area contributed by atoms with Gasteiger partial charge in [-0.3, -0.25) is 4.57 Å². The van der Waals surface area contributed by atoms with Crippen LogP contribution in [0.3, 0.4) is 0 Å². The Balaban J connectivity index is 1.82. The molecule has 21 heavy (non-hydrogen) atoms. The first-order valence-electron chi connectivity index (χ1n) is 8.51. The molecule has 0 radical (unpaired) electrons. The predicted octanol–water partition coefficient (Wildman–Crippen LogP) is 2.88. The van der Waals surface area contributed by atoms with Crippen molar-refractivity contribution >= 4 is 0 Å². The fourth-order valence-electron chi connectivity index (χ4n) is 3.11. The fraction of sp³-hybridized carbons (Fsp3) is 0.222. The van der Waals surface area contributed by atoms with Crippen molar-refractivity contribution in [3.63, 3.8) is 0 Å². The van der Waals surface area contributed by atoms with E-state index in [2.05, 4.69) is 26.4 Å². The van der Waals surface area contributed by atoms with Crippen LogP contribution in [0.5, 0.6) is 0 Å². The molecule has 3 heteroatoms. The zero-order valence-corrected chi connectivity index (χ0v) is 12.1. The van der Waals surface area contributed by atoms with Crippen LogP contribution >= 0.6 is 0 Å². The molecule has 3 nitrogen and oxygen atoms in total. The van der Waals surface area contributed by atoms with Crippen molar-refractivity contribution in [3.8, 4) is 16.9 Å². The molecule has 3 heterocycles. The van der Waals surface area contributed by atoms with Gasteiger partial charge in [-0.1, -0.05) is 17.7 Å². The highest BCUT2D eigenvalue weighted by Crippen LogP contribution is 2.29. The number of nitrogens with zero attached hydrogens (tertiary/aromatic N) is 3. The fourth-order valence-corrected chi connectivity index (χ4v) is 3.11. The van der Waals surface area contributed by atoms with Crippen LogP contribution in [0.4, 0.5) is 0 Å². The van der Waals surface area contributed by atoms with E-state index in [0.717, 1.165) is 34.8 Å². The number of hydrogen-bond donors (Lipinski definition) is 0. The van der Waals surface area contributed by atoms with Gasteiger partial charge in [-0.15, -0.1) is 0 Å². The van der Waals surface area contributed by atoms with Gasteiger partial charge in [0.05, 0.1) is 0 Å². The van der Waals surface area contributed by atoms with Crippen LogP contribution in [0.15, 0.2) is 42.9 Å². The molecule has 2 aromatic heterocycles. The minimum absolute atomic E-state index is 0.382. The van der Waals surface area contributed by atoms with Crippen molar-refractivity contribution in [2.24, 2.45) is 7.05 Å². The smallest absolute Gasteiger partial charge is 0.212 e. The summed E-state index contributed by atoms with van der Waals surface area (Å²) >= 11 is 0. The Morgan fingerprint density at radius 1 is 1.33 bits per heavy atom. The van der Waals surface area contributed by atoms with Crippen LogP contribution in [0, 0.1) is 13.8 Å². The molecule has 0 amide bonds. The molecule has 0 spiro atoms. The number of imidazole rings is 1. The summed E-state index contributed by atoms with van der Waals surface area (Å²) in [5.41, 5.74) is 5.88. The summed E-state index contributed by atoms with van der Waals surface area (Å²) in [6.07, 6.45) is 6.74. The lowest BCUT2D eigenvalue weighted by atomic mass is 10.0. The van der Waals surface area contributed by atoms with Crippen LogP contribution in [0.25, 0.3) is 16.9 Å². The average Bonchev–Trinajstić information content (AvgIpc) is 3.07. The molecule has 0 saturated heterocycles. The second kappa shape index (κ2) is 4.29. The van der Waals surface area contributed by atoms with E-state index in [-0.39, 0.29) is 0 Å². The third-order valence-corrected chi connectivity index (χ3v) is 4.16. The van der Waals surface area contributed by atoms with Crippen molar-refractivity contribution in [2.45, 2.75) is 20.2 Å². The SMILES string of the molecule is [2H]C([2H])([2H])c1ccc(-c2cc3c(c[n+]2C)-n2ccnc2C3)c(C)c1. The minimum Gasteiger partial charge on any atom is -0.298 e. The molecule has 1 aromatic carbocycles. The number of fused-ring (bicyclic) bond motifs is 3. The summed E-state index contributed by atoms with van der Waals surface area (Å²) in [6.45, 7) is -0.110. The zero-order chi connectivity index (χ0) is 17.1. The van der Waals surface area contributed by atoms with Gasteiger partial charge in [-0.25, -0.2) is 4.98 Å².